The van der Waals surface area contributed by atoms with Crippen molar-refractivity contribution in [3.8, 4) is 11.3 Å². The van der Waals surface area contributed by atoms with E-state index >= 15 is 0 Å². The summed E-state index contributed by atoms with van der Waals surface area (Å²) in [5.74, 6) is -0.360. The fraction of sp³-hybridized carbons (Fsp3) is 0.391. The van der Waals surface area contributed by atoms with Gasteiger partial charge in [-0.15, -0.1) is 11.3 Å². The highest BCUT2D eigenvalue weighted by Crippen LogP contribution is 2.27. The minimum Gasteiger partial charge on any atom is -0.340 e. The molecule has 3 heterocycles. The van der Waals surface area contributed by atoms with Crippen molar-refractivity contribution in [2.24, 2.45) is 0 Å². The second-order valence-electron chi connectivity index (χ2n) is 7.95. The van der Waals surface area contributed by atoms with Crippen molar-refractivity contribution in [2.45, 2.75) is 46.6 Å². The molecule has 0 radical (unpaired) electrons. The summed E-state index contributed by atoms with van der Waals surface area (Å²) in [6.07, 6.45) is 2.13. The van der Waals surface area contributed by atoms with Crippen LogP contribution in [0.25, 0.3) is 11.3 Å². The lowest BCUT2D eigenvalue weighted by Crippen LogP contribution is -2.36. The average molecular weight is 456 g/mol. The Labute approximate surface area is 190 Å². The first kappa shape index (κ1) is 22.1. The van der Waals surface area contributed by atoms with Crippen LogP contribution in [0.2, 0.25) is 0 Å². The molecule has 0 fully saturated rings. The molecule has 0 unspecified atom stereocenters. The van der Waals surface area contributed by atoms with Crippen molar-refractivity contribution in [1.82, 2.24) is 19.7 Å². The third kappa shape index (κ3) is 4.72. The maximum Gasteiger partial charge on any atom is 0.244 e. The molecule has 1 aliphatic rings. The number of anilines is 1. The molecule has 0 bridgehead atoms. The molecule has 1 N–H and O–H groups in total. The van der Waals surface area contributed by atoms with Gasteiger partial charge in [-0.25, -0.2) is 9.37 Å². The van der Waals surface area contributed by atoms with Crippen molar-refractivity contribution in [2.75, 3.05) is 18.4 Å². The van der Waals surface area contributed by atoms with Crippen LogP contribution in [0, 0.1) is 12.7 Å². The minimum absolute atomic E-state index is 0.0156. The second-order valence-corrected chi connectivity index (χ2v) is 9.03. The topological polar surface area (TPSA) is 80.1 Å². The summed E-state index contributed by atoms with van der Waals surface area (Å²) < 4.78 is 15.4. The number of rotatable bonds is 5. The molecular weight excluding hydrogens is 429 g/mol. The number of halogens is 1. The third-order valence-corrected chi connectivity index (χ3v) is 6.68. The first-order valence-corrected chi connectivity index (χ1v) is 11.5. The van der Waals surface area contributed by atoms with Gasteiger partial charge < -0.3 is 10.2 Å². The van der Waals surface area contributed by atoms with Crippen LogP contribution in [-0.2, 0) is 35.4 Å². The Bertz CT molecular complexity index is 1140. The lowest BCUT2D eigenvalue weighted by Gasteiger charge is -2.20. The molecule has 1 aromatic carbocycles. The van der Waals surface area contributed by atoms with Gasteiger partial charge in [0, 0.05) is 49.0 Å². The van der Waals surface area contributed by atoms with Gasteiger partial charge in [-0.2, -0.15) is 5.10 Å². The van der Waals surface area contributed by atoms with E-state index in [0.29, 0.717) is 30.2 Å². The zero-order valence-electron chi connectivity index (χ0n) is 18.4. The van der Waals surface area contributed by atoms with Crippen molar-refractivity contribution in [3.05, 3.63) is 51.9 Å². The summed E-state index contributed by atoms with van der Waals surface area (Å²) >= 11 is 1.48. The van der Waals surface area contributed by atoms with E-state index in [1.165, 1.54) is 24.3 Å². The Balaban J connectivity index is 1.45. The molecule has 9 heteroatoms. The van der Waals surface area contributed by atoms with Crippen molar-refractivity contribution in [3.63, 3.8) is 0 Å². The molecule has 3 aromatic rings. The zero-order valence-corrected chi connectivity index (χ0v) is 19.3. The van der Waals surface area contributed by atoms with Gasteiger partial charge in [-0.05, 0) is 43.2 Å². The first-order valence-electron chi connectivity index (χ1n) is 10.7. The third-order valence-electron chi connectivity index (χ3n) is 5.61. The van der Waals surface area contributed by atoms with Crippen LogP contribution in [0.4, 0.5) is 9.52 Å². The summed E-state index contributed by atoms with van der Waals surface area (Å²) in [4.78, 5) is 31.8. The number of aromatic nitrogens is 3. The zero-order chi connectivity index (χ0) is 22.8. The quantitative estimate of drug-likeness (QED) is 0.638. The first-order chi connectivity index (χ1) is 15.3. The van der Waals surface area contributed by atoms with Crippen LogP contribution in [0.3, 0.4) is 0 Å². The van der Waals surface area contributed by atoms with Gasteiger partial charge >= 0.3 is 0 Å². The van der Waals surface area contributed by atoms with Crippen LogP contribution >= 0.6 is 11.3 Å². The number of thiazole rings is 1. The number of nitrogens with zero attached hydrogens (tertiary/aromatic N) is 4. The van der Waals surface area contributed by atoms with E-state index in [4.69, 9.17) is 0 Å². The maximum absolute atomic E-state index is 13.6. The predicted molar refractivity (Wildman–Crippen MR) is 122 cm³/mol. The average Bonchev–Trinajstić information content (AvgIpc) is 3.27. The molecule has 2 aromatic heterocycles. The molecule has 32 heavy (non-hydrogen) atoms. The van der Waals surface area contributed by atoms with Gasteiger partial charge in [0.15, 0.2) is 5.13 Å². The number of aryl methyl sites for hydroxylation is 2. The maximum atomic E-state index is 13.6. The summed E-state index contributed by atoms with van der Waals surface area (Å²) in [6.45, 7) is 6.59. The summed E-state index contributed by atoms with van der Waals surface area (Å²) in [6, 6.07) is 6.90. The van der Waals surface area contributed by atoms with E-state index in [-0.39, 0.29) is 24.2 Å². The van der Waals surface area contributed by atoms with Gasteiger partial charge in [0.2, 0.25) is 11.8 Å². The number of hydrogen-bond donors (Lipinski definition) is 1. The van der Waals surface area contributed by atoms with Gasteiger partial charge in [0.25, 0.3) is 0 Å². The predicted octanol–water partition coefficient (Wildman–Crippen LogP) is 3.60. The number of hydrogen-bond acceptors (Lipinski definition) is 5. The number of amides is 2. The highest BCUT2D eigenvalue weighted by atomic mass is 32.1. The number of fused-ring (bicyclic) bond motifs is 1. The fourth-order valence-electron chi connectivity index (χ4n) is 3.87. The molecule has 4 rings (SSSR count). The Hall–Kier alpha value is -3.07. The molecule has 168 valence electrons. The van der Waals surface area contributed by atoms with Crippen LogP contribution < -0.4 is 5.32 Å². The lowest BCUT2D eigenvalue weighted by molar-refractivity contribution is -0.132. The van der Waals surface area contributed by atoms with E-state index in [0.717, 1.165) is 40.4 Å². The van der Waals surface area contributed by atoms with Crippen molar-refractivity contribution < 1.29 is 14.0 Å². The van der Waals surface area contributed by atoms with Crippen molar-refractivity contribution >= 4 is 28.3 Å². The largest absolute Gasteiger partial charge is 0.340 e. The molecule has 0 atom stereocenters. The van der Waals surface area contributed by atoms with Gasteiger partial charge in [-0.1, -0.05) is 6.92 Å². The lowest BCUT2D eigenvalue weighted by atomic mass is 10.1. The normalized spacial score (nSPS) is 13.6. The molecule has 1 aliphatic heterocycles. The van der Waals surface area contributed by atoms with Crippen LogP contribution in [0.15, 0.2) is 24.3 Å². The molecule has 0 spiro atoms. The summed E-state index contributed by atoms with van der Waals surface area (Å²) in [7, 11) is 0. The molecule has 0 aliphatic carbocycles. The number of carbonyl (C=O) groups excluding carboxylic acids is 2. The summed E-state index contributed by atoms with van der Waals surface area (Å²) in [5, 5.41) is 8.01. The fourth-order valence-corrected chi connectivity index (χ4v) is 4.91. The SMILES string of the molecule is CCc1cc(-c2ccc(F)c(C)c2)nn1CC(=O)N1CCc2nc(NC(C)=O)sc2CC1. The monoisotopic (exact) mass is 455 g/mol. The molecular formula is C23H26FN5O2S. The number of nitrogens with one attached hydrogen (secondary N) is 1. The van der Waals surface area contributed by atoms with E-state index in [2.05, 4.69) is 15.4 Å². The van der Waals surface area contributed by atoms with Crippen LogP contribution in [0.1, 0.15) is 35.7 Å². The molecule has 2 amide bonds. The highest BCUT2D eigenvalue weighted by molar-refractivity contribution is 7.15. The summed E-state index contributed by atoms with van der Waals surface area (Å²) in [5.41, 5.74) is 4.07. The Morgan fingerprint density at radius 1 is 1.22 bits per heavy atom. The molecule has 0 saturated carbocycles. The van der Waals surface area contributed by atoms with E-state index in [9.17, 15) is 14.0 Å². The highest BCUT2D eigenvalue weighted by Gasteiger charge is 2.23. The smallest absolute Gasteiger partial charge is 0.244 e. The Morgan fingerprint density at radius 3 is 2.72 bits per heavy atom. The van der Waals surface area contributed by atoms with Crippen molar-refractivity contribution in [1.29, 1.82) is 0 Å². The Kier molecular flexibility index (Phi) is 6.36. The van der Waals surface area contributed by atoms with Crippen LogP contribution in [-0.4, -0.2) is 44.6 Å². The van der Waals surface area contributed by atoms with Gasteiger partial charge in [0.1, 0.15) is 12.4 Å². The molecule has 7 nitrogen and oxygen atoms in total. The van der Waals surface area contributed by atoms with E-state index in [1.54, 1.807) is 23.7 Å². The van der Waals surface area contributed by atoms with Gasteiger partial charge in [0.05, 0.1) is 11.4 Å². The van der Waals surface area contributed by atoms with Crippen LogP contribution in [0.5, 0.6) is 0 Å². The Morgan fingerprint density at radius 2 is 2.00 bits per heavy atom. The standard InChI is InChI=1S/C23H26FN5O2S/c1-4-17-12-20(16-5-6-18(24)14(2)11-16)27-29(17)13-22(31)28-9-7-19-21(8-10-28)32-23(26-19)25-15(3)30/h5-6,11-12H,4,7-10,13H2,1-3H3,(H,25,26,30). The molecule has 0 saturated heterocycles. The van der Waals surface area contributed by atoms with E-state index < -0.39 is 0 Å². The number of benzene rings is 1. The number of carbonyl (C=O) groups is 2. The van der Waals surface area contributed by atoms with Gasteiger partial charge in [-0.3, -0.25) is 14.3 Å². The second kappa shape index (κ2) is 9.20. The minimum atomic E-state index is -0.243. The van der Waals surface area contributed by atoms with E-state index in [1.807, 2.05) is 17.9 Å².